The SMILES string of the molecule is CC(=O)OCC(=O)Oc1ccc2c(c1)CCC1C2CC[C@@]2(C)C1CC[C@@H]2O. The molecule has 0 heterocycles. The number of benzene rings is 1. The number of carbonyl (C=O) groups is 2. The van der Waals surface area contributed by atoms with Crippen LogP contribution < -0.4 is 4.74 Å². The van der Waals surface area contributed by atoms with Crippen molar-refractivity contribution in [2.45, 2.75) is 64.4 Å². The average molecular weight is 372 g/mol. The van der Waals surface area contributed by atoms with Crippen LogP contribution in [0, 0.1) is 17.3 Å². The molecule has 3 aliphatic rings. The van der Waals surface area contributed by atoms with Gasteiger partial charge in [0.25, 0.3) is 0 Å². The summed E-state index contributed by atoms with van der Waals surface area (Å²) in [6.45, 7) is 3.19. The van der Waals surface area contributed by atoms with Gasteiger partial charge in [0, 0.05) is 6.92 Å². The van der Waals surface area contributed by atoms with E-state index in [0.717, 1.165) is 38.5 Å². The van der Waals surface area contributed by atoms with Crippen LogP contribution in [0.15, 0.2) is 18.2 Å². The molecule has 27 heavy (non-hydrogen) atoms. The second-order valence-electron chi connectivity index (χ2n) is 8.67. The fourth-order valence-electron chi connectivity index (χ4n) is 5.92. The smallest absolute Gasteiger partial charge is 0.349 e. The highest BCUT2D eigenvalue weighted by Gasteiger charge is 2.54. The van der Waals surface area contributed by atoms with Crippen LogP contribution in [0.2, 0.25) is 0 Å². The molecule has 0 bridgehead atoms. The Balaban J connectivity index is 1.49. The Morgan fingerprint density at radius 3 is 2.81 bits per heavy atom. The summed E-state index contributed by atoms with van der Waals surface area (Å²) >= 11 is 0. The van der Waals surface area contributed by atoms with E-state index in [1.807, 2.05) is 12.1 Å². The molecular formula is C22H28O5. The van der Waals surface area contributed by atoms with Crippen molar-refractivity contribution in [2.75, 3.05) is 6.61 Å². The monoisotopic (exact) mass is 372 g/mol. The van der Waals surface area contributed by atoms with Gasteiger partial charge in [-0.05, 0) is 85.0 Å². The Kier molecular flexibility index (Phi) is 4.75. The van der Waals surface area contributed by atoms with E-state index in [-0.39, 0.29) is 18.1 Å². The molecule has 0 radical (unpaired) electrons. The molecule has 3 aliphatic carbocycles. The third-order valence-electron chi connectivity index (χ3n) is 7.27. The zero-order chi connectivity index (χ0) is 19.2. The maximum absolute atomic E-state index is 11.8. The Bertz CT molecular complexity index is 757. The second kappa shape index (κ2) is 6.93. The average Bonchev–Trinajstić information content (AvgIpc) is 2.94. The third-order valence-corrected chi connectivity index (χ3v) is 7.27. The van der Waals surface area contributed by atoms with Gasteiger partial charge in [0.2, 0.25) is 0 Å². The first-order valence-corrected chi connectivity index (χ1v) is 10.0. The zero-order valence-electron chi connectivity index (χ0n) is 16.1. The van der Waals surface area contributed by atoms with Crippen LogP contribution in [0.4, 0.5) is 0 Å². The fourth-order valence-corrected chi connectivity index (χ4v) is 5.92. The van der Waals surface area contributed by atoms with Crippen molar-refractivity contribution < 1.29 is 24.2 Å². The predicted octanol–water partition coefficient (Wildman–Crippen LogP) is 3.37. The number of esters is 2. The van der Waals surface area contributed by atoms with Crippen LogP contribution in [-0.2, 0) is 20.7 Å². The molecule has 0 amide bonds. The molecule has 1 aromatic rings. The zero-order valence-corrected chi connectivity index (χ0v) is 16.1. The largest absolute Gasteiger partial charge is 0.454 e. The molecule has 146 valence electrons. The summed E-state index contributed by atoms with van der Waals surface area (Å²) in [5, 5.41) is 10.5. The van der Waals surface area contributed by atoms with Gasteiger partial charge in [-0.15, -0.1) is 0 Å². The number of hydrogen-bond donors (Lipinski definition) is 1. The quantitative estimate of drug-likeness (QED) is 0.650. The molecule has 1 aromatic carbocycles. The third kappa shape index (κ3) is 3.27. The van der Waals surface area contributed by atoms with Crippen LogP contribution >= 0.6 is 0 Å². The number of fused-ring (bicyclic) bond motifs is 5. The van der Waals surface area contributed by atoms with E-state index in [1.165, 1.54) is 18.1 Å². The van der Waals surface area contributed by atoms with Gasteiger partial charge in [-0.2, -0.15) is 0 Å². The number of carbonyl (C=O) groups excluding carboxylic acids is 2. The summed E-state index contributed by atoms with van der Waals surface area (Å²) in [6, 6.07) is 5.92. The Morgan fingerprint density at radius 1 is 1.22 bits per heavy atom. The van der Waals surface area contributed by atoms with E-state index in [9.17, 15) is 14.7 Å². The van der Waals surface area contributed by atoms with Crippen molar-refractivity contribution >= 4 is 11.9 Å². The van der Waals surface area contributed by atoms with Gasteiger partial charge in [-0.1, -0.05) is 13.0 Å². The number of rotatable bonds is 3. The number of hydrogen-bond acceptors (Lipinski definition) is 5. The molecule has 1 N–H and O–H groups in total. The van der Waals surface area contributed by atoms with Crippen LogP contribution in [-0.4, -0.2) is 29.8 Å². The second-order valence-corrected chi connectivity index (χ2v) is 8.67. The molecule has 3 unspecified atom stereocenters. The van der Waals surface area contributed by atoms with Crippen molar-refractivity contribution in [1.82, 2.24) is 0 Å². The molecular weight excluding hydrogens is 344 g/mol. The fraction of sp³-hybridized carbons (Fsp3) is 0.636. The number of aliphatic hydroxyl groups excluding tert-OH is 1. The van der Waals surface area contributed by atoms with Crippen molar-refractivity contribution in [3.63, 3.8) is 0 Å². The maximum atomic E-state index is 11.8. The molecule has 0 saturated heterocycles. The number of aryl methyl sites for hydroxylation is 1. The van der Waals surface area contributed by atoms with E-state index in [4.69, 9.17) is 4.74 Å². The standard InChI is InChI=1S/C22H28O5/c1-13(23)26-12-21(25)27-15-4-6-16-14(11-15)3-5-18-17(16)9-10-22(2)19(18)7-8-20(22)24/h4,6,11,17-20,24H,3,5,7-10,12H2,1-2H3/t17?,18?,19?,20-,22-/m0/s1. The summed E-state index contributed by atoms with van der Waals surface area (Å²) in [6.07, 6.45) is 6.24. The van der Waals surface area contributed by atoms with E-state index < -0.39 is 11.9 Å². The minimum Gasteiger partial charge on any atom is -0.454 e. The lowest BCUT2D eigenvalue weighted by Gasteiger charge is -2.50. The minimum absolute atomic E-state index is 0.0881. The van der Waals surface area contributed by atoms with Gasteiger partial charge in [-0.3, -0.25) is 4.79 Å². The maximum Gasteiger partial charge on any atom is 0.349 e. The summed E-state index contributed by atoms with van der Waals surface area (Å²) < 4.78 is 10.0. The molecule has 0 aromatic heterocycles. The first-order chi connectivity index (χ1) is 12.9. The Morgan fingerprint density at radius 2 is 2.04 bits per heavy atom. The molecule has 4 rings (SSSR count). The van der Waals surface area contributed by atoms with Gasteiger partial charge < -0.3 is 14.6 Å². The van der Waals surface area contributed by atoms with Crippen LogP contribution in [0.3, 0.4) is 0 Å². The van der Waals surface area contributed by atoms with Crippen molar-refractivity contribution in [3.8, 4) is 5.75 Å². The van der Waals surface area contributed by atoms with E-state index in [0.29, 0.717) is 23.5 Å². The highest BCUT2D eigenvalue weighted by atomic mass is 16.6. The van der Waals surface area contributed by atoms with Crippen LogP contribution in [0.25, 0.3) is 0 Å². The highest BCUT2D eigenvalue weighted by molar-refractivity contribution is 5.77. The van der Waals surface area contributed by atoms with Gasteiger partial charge >= 0.3 is 11.9 Å². The molecule has 2 saturated carbocycles. The minimum atomic E-state index is -0.563. The normalized spacial score (nSPS) is 34.2. The van der Waals surface area contributed by atoms with Gasteiger partial charge in [0.05, 0.1) is 6.10 Å². The molecule has 0 aliphatic heterocycles. The summed E-state index contributed by atoms with van der Waals surface area (Å²) in [5.41, 5.74) is 2.73. The lowest BCUT2D eigenvalue weighted by atomic mass is 9.55. The summed E-state index contributed by atoms with van der Waals surface area (Å²) in [7, 11) is 0. The Labute approximate surface area is 160 Å². The predicted molar refractivity (Wildman–Crippen MR) is 99.3 cm³/mol. The summed E-state index contributed by atoms with van der Waals surface area (Å²) in [4.78, 5) is 22.6. The lowest BCUT2D eigenvalue weighted by molar-refractivity contribution is -0.152. The molecule has 5 nitrogen and oxygen atoms in total. The topological polar surface area (TPSA) is 72.8 Å². The van der Waals surface area contributed by atoms with Crippen molar-refractivity contribution in [3.05, 3.63) is 29.3 Å². The van der Waals surface area contributed by atoms with Gasteiger partial charge in [-0.25, -0.2) is 4.79 Å². The molecule has 5 atom stereocenters. The van der Waals surface area contributed by atoms with Crippen molar-refractivity contribution in [2.24, 2.45) is 17.3 Å². The van der Waals surface area contributed by atoms with E-state index in [1.54, 1.807) is 0 Å². The van der Waals surface area contributed by atoms with Crippen LogP contribution in [0.5, 0.6) is 5.75 Å². The van der Waals surface area contributed by atoms with Crippen molar-refractivity contribution in [1.29, 1.82) is 0 Å². The first-order valence-electron chi connectivity index (χ1n) is 10.0. The number of aliphatic hydroxyl groups is 1. The lowest BCUT2D eigenvalue weighted by Crippen LogP contribution is -2.43. The van der Waals surface area contributed by atoms with E-state index >= 15 is 0 Å². The molecule has 2 fully saturated rings. The van der Waals surface area contributed by atoms with Crippen LogP contribution in [0.1, 0.15) is 63.0 Å². The molecule has 0 spiro atoms. The number of ether oxygens (including phenoxy) is 2. The molecule has 5 heteroatoms. The summed E-state index contributed by atoms with van der Waals surface area (Å²) in [5.74, 6) is 1.26. The first kappa shape index (κ1) is 18.5. The van der Waals surface area contributed by atoms with Gasteiger partial charge in [0.1, 0.15) is 5.75 Å². The van der Waals surface area contributed by atoms with E-state index in [2.05, 4.69) is 17.7 Å². The van der Waals surface area contributed by atoms with Gasteiger partial charge in [0.15, 0.2) is 6.61 Å². The Hall–Kier alpha value is -1.88. The highest BCUT2D eigenvalue weighted by Crippen LogP contribution is 2.60.